The maximum Gasteiger partial charge on any atom is 0.233 e. The van der Waals surface area contributed by atoms with Crippen LogP contribution in [-0.4, -0.2) is 39.3 Å². The molecule has 128 valence electrons. The molecule has 24 heavy (non-hydrogen) atoms. The van der Waals surface area contributed by atoms with Crippen molar-refractivity contribution in [2.75, 3.05) is 17.6 Å². The van der Waals surface area contributed by atoms with Crippen LogP contribution >= 0.6 is 23.1 Å². The Morgan fingerprint density at radius 2 is 2.21 bits per heavy atom. The third-order valence-corrected chi connectivity index (χ3v) is 6.19. The number of rotatable bonds is 5. The quantitative estimate of drug-likeness (QED) is 0.812. The molecule has 1 aliphatic rings. The van der Waals surface area contributed by atoms with Crippen molar-refractivity contribution in [2.24, 2.45) is 0 Å². The van der Waals surface area contributed by atoms with Crippen LogP contribution in [0.1, 0.15) is 31.7 Å². The average molecular weight is 363 g/mol. The fourth-order valence-corrected chi connectivity index (χ4v) is 4.47. The van der Waals surface area contributed by atoms with Crippen LogP contribution in [-0.2, 0) is 4.79 Å². The minimum Gasteiger partial charge on any atom is -0.339 e. The lowest BCUT2D eigenvalue weighted by Gasteiger charge is -2.33. The monoisotopic (exact) mass is 362 g/mol. The third-order valence-electron chi connectivity index (χ3n) is 4.24. The van der Waals surface area contributed by atoms with Gasteiger partial charge in [-0.05, 0) is 44.7 Å². The van der Waals surface area contributed by atoms with Crippen LogP contribution in [0.2, 0.25) is 0 Å². The largest absolute Gasteiger partial charge is 0.339 e. The number of para-hydroxylation sites is 1. The maximum atomic E-state index is 12.4. The summed E-state index contributed by atoms with van der Waals surface area (Å²) >= 11 is 2.96. The lowest BCUT2D eigenvalue weighted by Crippen LogP contribution is -2.42. The Hall–Kier alpha value is -1.60. The Labute approximate surface area is 150 Å². The Morgan fingerprint density at radius 1 is 1.38 bits per heavy atom. The minimum absolute atomic E-state index is 0.204. The summed E-state index contributed by atoms with van der Waals surface area (Å²) in [4.78, 5) is 14.4. The Kier molecular flexibility index (Phi) is 5.73. The molecular weight excluding hydrogens is 340 g/mol. The van der Waals surface area contributed by atoms with Gasteiger partial charge in [-0.3, -0.25) is 4.79 Å². The molecule has 0 bridgehead atoms. The zero-order chi connectivity index (χ0) is 16.9. The van der Waals surface area contributed by atoms with E-state index in [9.17, 15) is 4.79 Å². The highest BCUT2D eigenvalue weighted by atomic mass is 32.2. The molecule has 3 rings (SSSR count). The number of carbonyl (C=O) groups excluding carboxylic acids is 1. The van der Waals surface area contributed by atoms with Crippen LogP contribution in [0.25, 0.3) is 0 Å². The van der Waals surface area contributed by atoms with E-state index >= 15 is 0 Å². The number of hydrogen-bond acceptors (Lipinski definition) is 6. The molecule has 1 aromatic heterocycles. The normalized spacial score (nSPS) is 17.8. The van der Waals surface area contributed by atoms with E-state index in [4.69, 9.17) is 0 Å². The zero-order valence-electron chi connectivity index (χ0n) is 14.0. The van der Waals surface area contributed by atoms with E-state index in [0.717, 1.165) is 40.1 Å². The highest BCUT2D eigenvalue weighted by molar-refractivity contribution is 8.01. The standard InChI is InChI=1S/C17H22N4OS2/c1-12-7-3-4-9-14(12)18-16-19-20-17(24-16)23-11-15(22)21-10-6-5-8-13(21)2/h3-4,7,9,13H,5-6,8,10-11H2,1-2H3,(H,18,19). The number of nitrogens with zero attached hydrogens (tertiary/aromatic N) is 3. The van der Waals surface area contributed by atoms with E-state index in [0.29, 0.717) is 11.8 Å². The SMILES string of the molecule is Cc1ccccc1Nc1nnc(SCC(=O)N2CCCCC2C)s1. The molecule has 1 fully saturated rings. The van der Waals surface area contributed by atoms with Gasteiger partial charge in [0.1, 0.15) is 0 Å². The van der Waals surface area contributed by atoms with Gasteiger partial charge < -0.3 is 10.2 Å². The van der Waals surface area contributed by atoms with E-state index < -0.39 is 0 Å². The molecule has 1 atom stereocenters. The first-order valence-electron chi connectivity index (χ1n) is 8.22. The van der Waals surface area contributed by atoms with Gasteiger partial charge in [0.05, 0.1) is 5.75 Å². The van der Waals surface area contributed by atoms with Crippen LogP contribution in [0.4, 0.5) is 10.8 Å². The first-order valence-corrected chi connectivity index (χ1v) is 10.0. The molecule has 0 saturated carbocycles. The summed E-state index contributed by atoms with van der Waals surface area (Å²) in [6, 6.07) is 8.43. The van der Waals surface area contributed by atoms with Gasteiger partial charge in [-0.15, -0.1) is 10.2 Å². The molecule has 1 saturated heterocycles. The highest BCUT2D eigenvalue weighted by Gasteiger charge is 2.23. The second-order valence-corrected chi connectivity index (χ2v) is 8.23. The topological polar surface area (TPSA) is 58.1 Å². The molecule has 1 N–H and O–H groups in total. The number of aromatic nitrogens is 2. The number of nitrogens with one attached hydrogen (secondary N) is 1. The van der Waals surface area contributed by atoms with Gasteiger partial charge in [0, 0.05) is 18.3 Å². The number of anilines is 2. The van der Waals surface area contributed by atoms with E-state index in [1.54, 1.807) is 0 Å². The number of thioether (sulfide) groups is 1. The number of amides is 1. The zero-order valence-corrected chi connectivity index (χ0v) is 15.6. The Balaban J connectivity index is 1.54. The third kappa shape index (κ3) is 4.27. The molecule has 2 aromatic rings. The van der Waals surface area contributed by atoms with Gasteiger partial charge in [0.15, 0.2) is 4.34 Å². The molecule has 1 amide bonds. The first kappa shape index (κ1) is 17.2. The number of piperidine rings is 1. The first-order chi connectivity index (χ1) is 11.6. The summed E-state index contributed by atoms with van der Waals surface area (Å²) in [6.45, 7) is 5.07. The molecular formula is C17H22N4OS2. The fraction of sp³-hybridized carbons (Fsp3) is 0.471. The predicted octanol–water partition coefficient (Wildman–Crippen LogP) is 4.08. The number of carbonyl (C=O) groups is 1. The molecule has 5 nitrogen and oxygen atoms in total. The summed E-state index contributed by atoms with van der Waals surface area (Å²) in [5, 5.41) is 12.4. The summed E-state index contributed by atoms with van der Waals surface area (Å²) in [5.74, 6) is 0.638. The summed E-state index contributed by atoms with van der Waals surface area (Å²) in [6.07, 6.45) is 3.45. The van der Waals surface area contributed by atoms with Gasteiger partial charge in [0.25, 0.3) is 0 Å². The van der Waals surface area contributed by atoms with Gasteiger partial charge in [-0.2, -0.15) is 0 Å². The van der Waals surface area contributed by atoms with Crippen LogP contribution in [0, 0.1) is 6.92 Å². The van der Waals surface area contributed by atoms with Crippen molar-refractivity contribution < 1.29 is 4.79 Å². The summed E-state index contributed by atoms with van der Waals surface area (Å²) in [7, 11) is 0. The predicted molar refractivity (Wildman–Crippen MR) is 100 cm³/mol. The van der Waals surface area contributed by atoms with Crippen LogP contribution in [0.3, 0.4) is 0 Å². The smallest absolute Gasteiger partial charge is 0.233 e. The van der Waals surface area contributed by atoms with E-state index in [1.807, 2.05) is 23.1 Å². The maximum absolute atomic E-state index is 12.4. The van der Waals surface area contributed by atoms with E-state index in [2.05, 4.69) is 35.4 Å². The number of likely N-dealkylation sites (tertiary alicyclic amines) is 1. The van der Waals surface area contributed by atoms with Crippen molar-refractivity contribution in [2.45, 2.75) is 43.5 Å². The minimum atomic E-state index is 0.204. The van der Waals surface area contributed by atoms with Crippen molar-refractivity contribution in [3.63, 3.8) is 0 Å². The van der Waals surface area contributed by atoms with Crippen LogP contribution < -0.4 is 5.32 Å². The Morgan fingerprint density at radius 3 is 3.00 bits per heavy atom. The molecule has 1 aromatic carbocycles. The molecule has 1 unspecified atom stereocenters. The molecule has 7 heteroatoms. The molecule has 1 aliphatic heterocycles. The van der Waals surface area contributed by atoms with Gasteiger partial charge in [0.2, 0.25) is 11.0 Å². The number of benzene rings is 1. The number of aryl methyl sites for hydroxylation is 1. The lowest BCUT2D eigenvalue weighted by molar-refractivity contribution is -0.131. The van der Waals surface area contributed by atoms with Crippen LogP contribution in [0.5, 0.6) is 0 Å². The molecule has 0 spiro atoms. The molecule has 2 heterocycles. The van der Waals surface area contributed by atoms with Crippen molar-refractivity contribution in [1.82, 2.24) is 15.1 Å². The van der Waals surface area contributed by atoms with Gasteiger partial charge >= 0.3 is 0 Å². The van der Waals surface area contributed by atoms with Gasteiger partial charge in [-0.25, -0.2) is 0 Å². The second-order valence-electron chi connectivity index (χ2n) is 6.03. The van der Waals surface area contributed by atoms with Crippen molar-refractivity contribution in [1.29, 1.82) is 0 Å². The summed E-state index contributed by atoms with van der Waals surface area (Å²) < 4.78 is 0.823. The number of hydrogen-bond donors (Lipinski definition) is 1. The van der Waals surface area contributed by atoms with Crippen molar-refractivity contribution in [3.8, 4) is 0 Å². The van der Waals surface area contributed by atoms with Crippen LogP contribution in [0.15, 0.2) is 28.6 Å². The average Bonchev–Trinajstić information content (AvgIpc) is 3.03. The van der Waals surface area contributed by atoms with Crippen molar-refractivity contribution in [3.05, 3.63) is 29.8 Å². The molecule has 0 aliphatic carbocycles. The molecule has 0 radical (unpaired) electrons. The lowest BCUT2D eigenvalue weighted by atomic mass is 10.0. The van der Waals surface area contributed by atoms with Gasteiger partial charge in [-0.1, -0.05) is 41.3 Å². The fourth-order valence-electron chi connectivity index (χ4n) is 2.82. The van der Waals surface area contributed by atoms with E-state index in [-0.39, 0.29) is 5.91 Å². The highest BCUT2D eigenvalue weighted by Crippen LogP contribution is 2.29. The summed E-state index contributed by atoms with van der Waals surface area (Å²) in [5.41, 5.74) is 2.19. The Bertz CT molecular complexity index is 703. The van der Waals surface area contributed by atoms with Crippen molar-refractivity contribution >= 4 is 39.8 Å². The second kappa shape index (κ2) is 7.98. The van der Waals surface area contributed by atoms with E-state index in [1.165, 1.54) is 29.5 Å².